The highest BCUT2D eigenvalue weighted by molar-refractivity contribution is 6.01. The fourth-order valence-corrected chi connectivity index (χ4v) is 2.34. The summed E-state index contributed by atoms with van der Waals surface area (Å²) in [5.74, 6) is 1.29. The van der Waals surface area contributed by atoms with E-state index in [4.69, 9.17) is 9.47 Å². The zero-order valence-corrected chi connectivity index (χ0v) is 11.6. The Morgan fingerprint density at radius 3 is 2.60 bits per heavy atom. The molecule has 0 amide bonds. The maximum atomic E-state index is 12.6. The SMILES string of the molecule is Cc1cccc(C(=O)C2COc3ccccc3O2)c1C. The second-order valence-electron chi connectivity index (χ2n) is 4.98. The van der Waals surface area contributed by atoms with Gasteiger partial charge in [-0.05, 0) is 37.1 Å². The van der Waals surface area contributed by atoms with E-state index in [0.717, 1.165) is 11.1 Å². The van der Waals surface area contributed by atoms with Crippen molar-refractivity contribution in [1.29, 1.82) is 0 Å². The van der Waals surface area contributed by atoms with E-state index < -0.39 is 6.10 Å². The topological polar surface area (TPSA) is 35.5 Å². The molecule has 0 saturated heterocycles. The van der Waals surface area contributed by atoms with Crippen molar-refractivity contribution in [3.05, 3.63) is 59.2 Å². The van der Waals surface area contributed by atoms with Crippen molar-refractivity contribution in [2.75, 3.05) is 6.61 Å². The van der Waals surface area contributed by atoms with Crippen molar-refractivity contribution in [1.82, 2.24) is 0 Å². The Morgan fingerprint density at radius 1 is 1.05 bits per heavy atom. The minimum Gasteiger partial charge on any atom is -0.485 e. The average molecular weight is 268 g/mol. The van der Waals surface area contributed by atoms with Gasteiger partial charge in [0.25, 0.3) is 0 Å². The van der Waals surface area contributed by atoms with Crippen LogP contribution in [0.4, 0.5) is 0 Å². The molecule has 0 bridgehead atoms. The Kier molecular flexibility index (Phi) is 3.18. The highest BCUT2D eigenvalue weighted by Gasteiger charge is 2.29. The number of ketones is 1. The van der Waals surface area contributed by atoms with Crippen molar-refractivity contribution in [2.45, 2.75) is 20.0 Å². The zero-order valence-electron chi connectivity index (χ0n) is 11.6. The summed E-state index contributed by atoms with van der Waals surface area (Å²) in [6, 6.07) is 13.1. The van der Waals surface area contributed by atoms with E-state index in [1.54, 1.807) is 0 Å². The molecule has 0 N–H and O–H groups in total. The number of carbonyl (C=O) groups excluding carboxylic acids is 1. The lowest BCUT2D eigenvalue weighted by Crippen LogP contribution is -2.37. The molecule has 20 heavy (non-hydrogen) atoms. The third-order valence-corrected chi connectivity index (χ3v) is 3.67. The van der Waals surface area contributed by atoms with Crippen molar-refractivity contribution in [3.63, 3.8) is 0 Å². The first-order valence-corrected chi connectivity index (χ1v) is 6.66. The quantitative estimate of drug-likeness (QED) is 0.784. The van der Waals surface area contributed by atoms with E-state index in [9.17, 15) is 4.79 Å². The number of hydrogen-bond acceptors (Lipinski definition) is 3. The molecule has 1 aliphatic heterocycles. The molecule has 3 nitrogen and oxygen atoms in total. The molecule has 0 fully saturated rings. The lowest BCUT2D eigenvalue weighted by atomic mass is 9.97. The van der Waals surface area contributed by atoms with Gasteiger partial charge in [0.15, 0.2) is 17.6 Å². The molecule has 0 aliphatic carbocycles. The van der Waals surface area contributed by atoms with Gasteiger partial charge in [-0.1, -0.05) is 30.3 Å². The van der Waals surface area contributed by atoms with Gasteiger partial charge in [0.1, 0.15) is 6.61 Å². The number of ether oxygens (including phenoxy) is 2. The Labute approximate surface area is 118 Å². The van der Waals surface area contributed by atoms with Crippen molar-refractivity contribution in [2.24, 2.45) is 0 Å². The summed E-state index contributed by atoms with van der Waals surface area (Å²) in [6.07, 6.45) is -0.578. The molecule has 1 unspecified atom stereocenters. The Hall–Kier alpha value is -2.29. The van der Waals surface area contributed by atoms with Gasteiger partial charge in [-0.2, -0.15) is 0 Å². The van der Waals surface area contributed by atoms with Crippen LogP contribution in [0.2, 0.25) is 0 Å². The molecule has 1 atom stereocenters. The molecule has 102 valence electrons. The highest BCUT2D eigenvalue weighted by Crippen LogP contribution is 2.32. The van der Waals surface area contributed by atoms with Crippen LogP contribution in [0.25, 0.3) is 0 Å². The molecular weight excluding hydrogens is 252 g/mol. The van der Waals surface area contributed by atoms with Crippen LogP contribution in [0.5, 0.6) is 11.5 Å². The van der Waals surface area contributed by atoms with Gasteiger partial charge < -0.3 is 9.47 Å². The van der Waals surface area contributed by atoms with Crippen molar-refractivity contribution >= 4 is 5.78 Å². The van der Waals surface area contributed by atoms with Crippen LogP contribution in [0.15, 0.2) is 42.5 Å². The first kappa shape index (κ1) is 12.7. The largest absolute Gasteiger partial charge is 0.485 e. The Morgan fingerprint density at radius 2 is 1.80 bits per heavy atom. The van der Waals surface area contributed by atoms with Crippen LogP contribution in [0.3, 0.4) is 0 Å². The Balaban J connectivity index is 1.88. The van der Waals surface area contributed by atoms with Crippen LogP contribution in [0, 0.1) is 13.8 Å². The fraction of sp³-hybridized carbons (Fsp3) is 0.235. The third-order valence-electron chi connectivity index (χ3n) is 3.67. The molecule has 2 aromatic carbocycles. The summed E-state index contributed by atoms with van der Waals surface area (Å²) in [5, 5.41) is 0. The molecular formula is C17H16O3. The molecule has 2 aromatic rings. The lowest BCUT2D eigenvalue weighted by Gasteiger charge is -2.26. The molecule has 3 rings (SSSR count). The monoisotopic (exact) mass is 268 g/mol. The van der Waals surface area contributed by atoms with Crippen LogP contribution in [-0.2, 0) is 0 Å². The van der Waals surface area contributed by atoms with Crippen molar-refractivity contribution < 1.29 is 14.3 Å². The average Bonchev–Trinajstić information content (AvgIpc) is 2.49. The molecule has 0 aromatic heterocycles. The van der Waals surface area contributed by atoms with Gasteiger partial charge in [0.2, 0.25) is 5.78 Å². The molecule has 1 aliphatic rings. The van der Waals surface area contributed by atoms with Gasteiger partial charge in [-0.15, -0.1) is 0 Å². The first-order chi connectivity index (χ1) is 9.66. The number of carbonyl (C=O) groups is 1. The number of aryl methyl sites for hydroxylation is 1. The summed E-state index contributed by atoms with van der Waals surface area (Å²) in [4.78, 5) is 12.6. The van der Waals surface area contributed by atoms with E-state index in [2.05, 4.69) is 0 Å². The second kappa shape index (κ2) is 5.00. The van der Waals surface area contributed by atoms with Gasteiger partial charge in [0.05, 0.1) is 0 Å². The number of fused-ring (bicyclic) bond motifs is 1. The predicted octanol–water partition coefficient (Wildman–Crippen LogP) is 3.33. The smallest absolute Gasteiger partial charge is 0.207 e. The third kappa shape index (κ3) is 2.16. The number of rotatable bonds is 2. The number of Topliss-reactive ketones (excluding diaryl/α,β-unsaturated/α-hetero) is 1. The number of para-hydroxylation sites is 2. The fourth-order valence-electron chi connectivity index (χ4n) is 2.34. The van der Waals surface area contributed by atoms with E-state index in [1.807, 2.05) is 56.3 Å². The summed E-state index contributed by atoms with van der Waals surface area (Å²) < 4.78 is 11.4. The number of hydrogen-bond donors (Lipinski definition) is 0. The van der Waals surface area contributed by atoms with Gasteiger partial charge in [0, 0.05) is 5.56 Å². The first-order valence-electron chi connectivity index (χ1n) is 6.66. The maximum absolute atomic E-state index is 12.6. The minimum atomic E-state index is -0.578. The van der Waals surface area contributed by atoms with E-state index in [0.29, 0.717) is 17.1 Å². The molecule has 3 heteroatoms. The number of benzene rings is 2. The van der Waals surface area contributed by atoms with E-state index in [-0.39, 0.29) is 12.4 Å². The van der Waals surface area contributed by atoms with Crippen LogP contribution >= 0.6 is 0 Å². The molecule has 1 heterocycles. The minimum absolute atomic E-state index is 0.0271. The molecule has 0 spiro atoms. The summed E-state index contributed by atoms with van der Waals surface area (Å²) in [5.41, 5.74) is 2.81. The summed E-state index contributed by atoms with van der Waals surface area (Å²) in [7, 11) is 0. The van der Waals surface area contributed by atoms with Gasteiger partial charge >= 0.3 is 0 Å². The van der Waals surface area contributed by atoms with E-state index >= 15 is 0 Å². The van der Waals surface area contributed by atoms with Gasteiger partial charge in [-0.25, -0.2) is 0 Å². The van der Waals surface area contributed by atoms with E-state index in [1.165, 1.54) is 0 Å². The maximum Gasteiger partial charge on any atom is 0.207 e. The van der Waals surface area contributed by atoms with Crippen LogP contribution < -0.4 is 9.47 Å². The normalized spacial score (nSPS) is 16.8. The molecule has 0 saturated carbocycles. The summed E-state index contributed by atoms with van der Waals surface area (Å²) >= 11 is 0. The highest BCUT2D eigenvalue weighted by atomic mass is 16.6. The lowest BCUT2D eigenvalue weighted by molar-refractivity contribution is 0.0585. The van der Waals surface area contributed by atoms with Crippen LogP contribution in [0.1, 0.15) is 21.5 Å². The van der Waals surface area contributed by atoms with Crippen molar-refractivity contribution in [3.8, 4) is 11.5 Å². The predicted molar refractivity (Wildman–Crippen MR) is 76.6 cm³/mol. The Bertz CT molecular complexity index is 661. The zero-order chi connectivity index (χ0) is 14.1. The second-order valence-corrected chi connectivity index (χ2v) is 4.98. The van der Waals surface area contributed by atoms with Crippen LogP contribution in [-0.4, -0.2) is 18.5 Å². The summed E-state index contributed by atoms with van der Waals surface area (Å²) in [6.45, 7) is 4.21. The van der Waals surface area contributed by atoms with Gasteiger partial charge in [-0.3, -0.25) is 4.79 Å². The standard InChI is InChI=1S/C17H16O3/c1-11-6-5-7-13(12(11)2)17(18)16-10-19-14-8-3-4-9-15(14)20-16/h3-9,16H,10H2,1-2H3. The molecule has 0 radical (unpaired) electrons.